The van der Waals surface area contributed by atoms with Gasteiger partial charge >= 0.3 is 0 Å². The van der Waals surface area contributed by atoms with Crippen LogP contribution in [0.25, 0.3) is 0 Å². The van der Waals surface area contributed by atoms with E-state index in [4.69, 9.17) is 4.99 Å². The number of amidine groups is 1. The summed E-state index contributed by atoms with van der Waals surface area (Å²) in [7, 11) is 0. The molecule has 0 N–H and O–H groups in total. The summed E-state index contributed by atoms with van der Waals surface area (Å²) >= 11 is 1.77. The van der Waals surface area contributed by atoms with Gasteiger partial charge in [-0.1, -0.05) is 75.0 Å². The topological polar surface area (TPSA) is 28.0 Å². The van der Waals surface area contributed by atoms with Crippen molar-refractivity contribution in [3.05, 3.63) is 65.2 Å². The first-order chi connectivity index (χ1) is 12.0. The van der Waals surface area contributed by atoms with E-state index < -0.39 is 0 Å². The Kier molecular flexibility index (Phi) is 4.16. The molecule has 2 heterocycles. The first kappa shape index (κ1) is 16.4. The van der Waals surface area contributed by atoms with Gasteiger partial charge < -0.3 is 0 Å². The molecule has 2 aliphatic heterocycles. The molecule has 2 aromatic rings. The SMILES string of the molecule is CC(C)(C)c1ccc(CSC2=Nc3ccccc3C3CC=NN23)cc1. The molecule has 0 saturated carbocycles. The third kappa shape index (κ3) is 3.23. The lowest BCUT2D eigenvalue weighted by molar-refractivity contribution is 0.372. The van der Waals surface area contributed by atoms with E-state index in [1.165, 1.54) is 16.7 Å². The van der Waals surface area contributed by atoms with E-state index in [1.807, 2.05) is 6.21 Å². The van der Waals surface area contributed by atoms with Crippen LogP contribution in [0.5, 0.6) is 0 Å². The van der Waals surface area contributed by atoms with Gasteiger partial charge in [0.1, 0.15) is 0 Å². The lowest BCUT2D eigenvalue weighted by Gasteiger charge is -2.29. The Labute approximate surface area is 153 Å². The van der Waals surface area contributed by atoms with Crippen LogP contribution in [0.15, 0.2) is 58.6 Å². The Balaban J connectivity index is 1.53. The summed E-state index contributed by atoms with van der Waals surface area (Å²) in [6.45, 7) is 6.74. The monoisotopic (exact) mass is 349 g/mol. The molecule has 0 spiro atoms. The standard InChI is InChI=1S/C21H23N3S/c1-21(2,3)16-10-8-15(9-11-16)14-25-20-23-18-7-5-4-6-17(18)19-12-13-22-24(19)20/h4-11,13,19H,12,14H2,1-3H3. The van der Waals surface area contributed by atoms with Gasteiger partial charge in [-0.2, -0.15) is 5.10 Å². The molecular formula is C21H23N3S. The molecule has 0 bridgehead atoms. The quantitative estimate of drug-likeness (QED) is 0.700. The number of hydrazone groups is 1. The van der Waals surface area contributed by atoms with Crippen LogP contribution in [0.4, 0.5) is 5.69 Å². The third-order valence-corrected chi connectivity index (χ3v) is 5.74. The second kappa shape index (κ2) is 6.34. The number of nitrogens with zero attached hydrogens (tertiary/aromatic N) is 3. The Morgan fingerprint density at radius 1 is 1.08 bits per heavy atom. The molecule has 2 aromatic carbocycles. The Morgan fingerprint density at radius 2 is 1.84 bits per heavy atom. The molecule has 4 heteroatoms. The third-order valence-electron chi connectivity index (χ3n) is 4.73. The van der Waals surface area contributed by atoms with Crippen molar-refractivity contribution >= 4 is 28.8 Å². The predicted octanol–water partition coefficient (Wildman–Crippen LogP) is 5.65. The maximum atomic E-state index is 4.85. The summed E-state index contributed by atoms with van der Waals surface area (Å²) in [6, 6.07) is 17.7. The fraction of sp³-hybridized carbons (Fsp3) is 0.333. The van der Waals surface area contributed by atoms with E-state index in [2.05, 4.69) is 79.4 Å². The van der Waals surface area contributed by atoms with Crippen LogP contribution in [0.3, 0.4) is 0 Å². The molecular weight excluding hydrogens is 326 g/mol. The zero-order valence-corrected chi connectivity index (χ0v) is 15.8. The van der Waals surface area contributed by atoms with Crippen LogP contribution >= 0.6 is 11.8 Å². The molecule has 128 valence electrons. The largest absolute Gasteiger partial charge is 0.235 e. The second-order valence-corrected chi connectivity index (χ2v) is 8.53. The fourth-order valence-corrected chi connectivity index (χ4v) is 4.19. The van der Waals surface area contributed by atoms with Crippen molar-refractivity contribution in [3.8, 4) is 0 Å². The van der Waals surface area contributed by atoms with Crippen molar-refractivity contribution in [2.45, 2.75) is 44.4 Å². The molecule has 0 radical (unpaired) electrons. The van der Waals surface area contributed by atoms with E-state index in [9.17, 15) is 0 Å². The molecule has 25 heavy (non-hydrogen) atoms. The first-order valence-corrected chi connectivity index (χ1v) is 9.72. The Morgan fingerprint density at radius 3 is 2.60 bits per heavy atom. The highest BCUT2D eigenvalue weighted by atomic mass is 32.2. The molecule has 4 rings (SSSR count). The highest BCUT2D eigenvalue weighted by molar-refractivity contribution is 8.13. The molecule has 3 nitrogen and oxygen atoms in total. The van der Waals surface area contributed by atoms with Gasteiger partial charge in [0.05, 0.1) is 11.7 Å². The molecule has 0 amide bonds. The molecule has 0 saturated heterocycles. The Bertz CT molecular complexity index is 831. The van der Waals surface area contributed by atoms with Gasteiger partial charge in [0.15, 0.2) is 5.17 Å². The molecule has 0 aliphatic carbocycles. The first-order valence-electron chi connectivity index (χ1n) is 8.74. The lowest BCUT2D eigenvalue weighted by atomic mass is 9.87. The maximum Gasteiger partial charge on any atom is 0.185 e. The van der Waals surface area contributed by atoms with Crippen molar-refractivity contribution in [2.75, 3.05) is 0 Å². The Hall–Kier alpha value is -2.07. The molecule has 0 fully saturated rings. The summed E-state index contributed by atoms with van der Waals surface area (Å²) in [5.74, 6) is 0.907. The number of benzene rings is 2. The second-order valence-electron chi connectivity index (χ2n) is 7.58. The summed E-state index contributed by atoms with van der Waals surface area (Å²) in [6.07, 6.45) is 2.96. The van der Waals surface area contributed by atoms with E-state index in [0.717, 1.165) is 23.0 Å². The number of hydrogen-bond acceptors (Lipinski definition) is 4. The van der Waals surface area contributed by atoms with Gasteiger partial charge in [-0.05, 0) is 22.6 Å². The summed E-state index contributed by atoms with van der Waals surface area (Å²) in [5.41, 5.74) is 5.24. The number of para-hydroxylation sites is 1. The normalized spacial score (nSPS) is 18.8. The van der Waals surface area contributed by atoms with Crippen LogP contribution in [0, 0.1) is 0 Å². The smallest absolute Gasteiger partial charge is 0.185 e. The van der Waals surface area contributed by atoms with Crippen molar-refractivity contribution in [2.24, 2.45) is 10.1 Å². The summed E-state index contributed by atoms with van der Waals surface area (Å²) in [5, 5.41) is 7.63. The predicted molar refractivity (Wildman–Crippen MR) is 108 cm³/mol. The zero-order chi connectivity index (χ0) is 17.4. The fourth-order valence-electron chi connectivity index (χ4n) is 3.23. The molecule has 1 atom stereocenters. The minimum atomic E-state index is 0.195. The van der Waals surface area contributed by atoms with E-state index >= 15 is 0 Å². The summed E-state index contributed by atoms with van der Waals surface area (Å²) < 4.78 is 0. The van der Waals surface area contributed by atoms with E-state index in [-0.39, 0.29) is 5.41 Å². The van der Waals surface area contributed by atoms with Crippen LogP contribution in [-0.4, -0.2) is 16.4 Å². The highest BCUT2D eigenvalue weighted by Crippen LogP contribution is 2.41. The number of fused-ring (bicyclic) bond motifs is 3. The maximum absolute atomic E-state index is 4.85. The molecule has 2 aliphatic rings. The van der Waals surface area contributed by atoms with E-state index in [1.54, 1.807) is 11.8 Å². The van der Waals surface area contributed by atoms with Crippen LogP contribution in [0.1, 0.15) is 49.9 Å². The average Bonchev–Trinajstić information content (AvgIpc) is 3.09. The van der Waals surface area contributed by atoms with Crippen molar-refractivity contribution in [1.29, 1.82) is 0 Å². The van der Waals surface area contributed by atoms with Crippen molar-refractivity contribution < 1.29 is 0 Å². The summed E-state index contributed by atoms with van der Waals surface area (Å²) in [4.78, 5) is 4.85. The van der Waals surface area contributed by atoms with Gasteiger partial charge in [-0.3, -0.25) is 0 Å². The molecule has 1 unspecified atom stereocenters. The highest BCUT2D eigenvalue weighted by Gasteiger charge is 2.32. The van der Waals surface area contributed by atoms with Crippen LogP contribution < -0.4 is 0 Å². The molecule has 0 aromatic heterocycles. The number of hydrogen-bond donors (Lipinski definition) is 0. The van der Waals surface area contributed by atoms with Gasteiger partial charge in [0.2, 0.25) is 0 Å². The van der Waals surface area contributed by atoms with Crippen molar-refractivity contribution in [1.82, 2.24) is 5.01 Å². The zero-order valence-electron chi connectivity index (χ0n) is 14.9. The van der Waals surface area contributed by atoms with E-state index in [0.29, 0.717) is 6.04 Å². The van der Waals surface area contributed by atoms with Crippen LogP contribution in [-0.2, 0) is 11.2 Å². The number of rotatable bonds is 2. The minimum absolute atomic E-state index is 0.195. The number of thioether (sulfide) groups is 1. The van der Waals surface area contributed by atoms with Gasteiger partial charge in [-0.15, -0.1) is 0 Å². The number of aliphatic imine (C=N–C) groups is 1. The van der Waals surface area contributed by atoms with Gasteiger partial charge in [0, 0.05) is 24.0 Å². The van der Waals surface area contributed by atoms with Crippen molar-refractivity contribution in [3.63, 3.8) is 0 Å². The van der Waals surface area contributed by atoms with Gasteiger partial charge in [0.25, 0.3) is 0 Å². The minimum Gasteiger partial charge on any atom is -0.235 e. The van der Waals surface area contributed by atoms with Crippen LogP contribution in [0.2, 0.25) is 0 Å². The van der Waals surface area contributed by atoms with Gasteiger partial charge in [-0.25, -0.2) is 10.0 Å². The lowest BCUT2D eigenvalue weighted by Crippen LogP contribution is -2.27. The average molecular weight is 350 g/mol.